The minimum Gasteiger partial charge on any atom is -0.454 e. The number of hydrogen-bond acceptors (Lipinski definition) is 3. The molecule has 0 saturated carbocycles. The smallest absolute Gasteiger partial charge is 0.231 e. The number of ether oxygens (including phenoxy) is 2. The third-order valence-corrected chi connectivity index (χ3v) is 3.09. The highest BCUT2D eigenvalue weighted by Gasteiger charge is 2.13. The summed E-state index contributed by atoms with van der Waals surface area (Å²) in [5.41, 5.74) is 1.27. The van der Waals surface area contributed by atoms with E-state index in [1.165, 1.54) is 5.56 Å². The molecule has 0 saturated heterocycles. The largest absolute Gasteiger partial charge is 0.454 e. The minimum atomic E-state index is 0.122. The lowest BCUT2D eigenvalue weighted by atomic mass is 10.1. The molecule has 2 unspecified atom stereocenters. The Hall–Kier alpha value is -1.66. The lowest BCUT2D eigenvalue weighted by molar-refractivity contribution is 0.174. The Balaban J connectivity index is 1.85. The molecule has 1 heterocycles. The highest BCUT2D eigenvalue weighted by atomic mass is 16.7. The Morgan fingerprint density at radius 1 is 1.33 bits per heavy atom. The van der Waals surface area contributed by atoms with Crippen LogP contribution in [0.2, 0.25) is 0 Å². The fourth-order valence-electron chi connectivity index (χ4n) is 2.04. The molecule has 0 spiro atoms. The molecule has 1 aromatic rings. The van der Waals surface area contributed by atoms with Crippen LogP contribution in [0.3, 0.4) is 0 Å². The molecule has 1 N–H and O–H groups in total. The van der Waals surface area contributed by atoms with E-state index in [4.69, 9.17) is 15.9 Å². The van der Waals surface area contributed by atoms with Crippen molar-refractivity contribution in [1.29, 1.82) is 0 Å². The second-order valence-corrected chi connectivity index (χ2v) is 4.68. The van der Waals surface area contributed by atoms with Gasteiger partial charge < -0.3 is 14.8 Å². The Labute approximate surface area is 108 Å². The lowest BCUT2D eigenvalue weighted by Gasteiger charge is -2.16. The van der Waals surface area contributed by atoms with Crippen LogP contribution < -0.4 is 14.8 Å². The van der Waals surface area contributed by atoms with E-state index in [1.807, 2.05) is 13.0 Å². The first-order chi connectivity index (χ1) is 8.69. The molecule has 0 radical (unpaired) electrons. The number of benzene rings is 1. The zero-order valence-electron chi connectivity index (χ0n) is 10.9. The van der Waals surface area contributed by atoms with Crippen molar-refractivity contribution in [3.63, 3.8) is 0 Å². The fraction of sp³-hybridized carbons (Fsp3) is 0.467. The molecule has 0 bridgehead atoms. The monoisotopic (exact) mass is 245 g/mol. The number of nitrogens with one attached hydrogen (secondary N) is 1. The van der Waals surface area contributed by atoms with Crippen LogP contribution in [0.15, 0.2) is 18.2 Å². The van der Waals surface area contributed by atoms with Crippen molar-refractivity contribution >= 4 is 0 Å². The van der Waals surface area contributed by atoms with Gasteiger partial charge in [0.05, 0.1) is 6.04 Å². The van der Waals surface area contributed by atoms with Gasteiger partial charge in [-0.3, -0.25) is 0 Å². The van der Waals surface area contributed by atoms with Crippen molar-refractivity contribution < 1.29 is 9.47 Å². The quantitative estimate of drug-likeness (QED) is 0.808. The van der Waals surface area contributed by atoms with Crippen molar-refractivity contribution in [1.82, 2.24) is 5.32 Å². The van der Waals surface area contributed by atoms with E-state index < -0.39 is 0 Å². The molecule has 3 heteroatoms. The predicted molar refractivity (Wildman–Crippen MR) is 71.8 cm³/mol. The van der Waals surface area contributed by atoms with Gasteiger partial charge in [-0.25, -0.2) is 0 Å². The summed E-state index contributed by atoms with van der Waals surface area (Å²) in [7, 11) is 0. The van der Waals surface area contributed by atoms with Crippen LogP contribution >= 0.6 is 0 Å². The van der Waals surface area contributed by atoms with Crippen molar-refractivity contribution in [2.75, 3.05) is 6.79 Å². The molecular weight excluding hydrogens is 226 g/mol. The van der Waals surface area contributed by atoms with Crippen LogP contribution in [0.5, 0.6) is 11.5 Å². The van der Waals surface area contributed by atoms with Gasteiger partial charge in [0, 0.05) is 6.04 Å². The molecule has 1 aliphatic rings. The number of hydrogen-bond donors (Lipinski definition) is 1. The molecule has 2 rings (SSSR count). The van der Waals surface area contributed by atoms with Gasteiger partial charge in [0.25, 0.3) is 0 Å². The van der Waals surface area contributed by atoms with Gasteiger partial charge in [0.15, 0.2) is 11.5 Å². The summed E-state index contributed by atoms with van der Waals surface area (Å²) >= 11 is 0. The van der Waals surface area contributed by atoms with E-state index in [0.29, 0.717) is 12.8 Å². The number of fused-ring (bicyclic) bond motifs is 1. The van der Waals surface area contributed by atoms with Crippen LogP contribution in [-0.2, 0) is 6.42 Å². The lowest BCUT2D eigenvalue weighted by Crippen LogP contribution is -2.33. The molecule has 0 fully saturated rings. The van der Waals surface area contributed by atoms with Crippen LogP contribution in [0.4, 0.5) is 0 Å². The van der Waals surface area contributed by atoms with Crippen molar-refractivity contribution in [3.8, 4) is 23.8 Å². The molecule has 3 nitrogen and oxygen atoms in total. The Morgan fingerprint density at radius 3 is 2.89 bits per heavy atom. The van der Waals surface area contributed by atoms with E-state index in [2.05, 4.69) is 30.3 Å². The molecule has 2 atom stereocenters. The predicted octanol–water partition coefficient (Wildman–Crippen LogP) is 2.35. The third-order valence-electron chi connectivity index (χ3n) is 3.09. The summed E-state index contributed by atoms with van der Waals surface area (Å²) in [6, 6.07) is 6.64. The second kappa shape index (κ2) is 5.79. The summed E-state index contributed by atoms with van der Waals surface area (Å²) in [5.74, 6) is 4.37. The maximum absolute atomic E-state index is 5.36. The fourth-order valence-corrected chi connectivity index (χ4v) is 2.04. The number of aryl methyl sites for hydroxylation is 1. The summed E-state index contributed by atoms with van der Waals surface area (Å²) < 4.78 is 10.7. The van der Waals surface area contributed by atoms with Crippen LogP contribution in [0.1, 0.15) is 25.8 Å². The Morgan fingerprint density at radius 2 is 2.11 bits per heavy atom. The SMILES string of the molecule is C#CC(C)NC(C)CCc1ccc2c(c1)OCO2. The van der Waals surface area contributed by atoms with Crippen molar-refractivity contribution in [2.24, 2.45) is 0 Å². The topological polar surface area (TPSA) is 30.5 Å². The summed E-state index contributed by atoms with van der Waals surface area (Å²) in [4.78, 5) is 0. The van der Waals surface area contributed by atoms with Gasteiger partial charge in [-0.05, 0) is 44.4 Å². The second-order valence-electron chi connectivity index (χ2n) is 4.68. The zero-order valence-corrected chi connectivity index (χ0v) is 10.9. The summed E-state index contributed by atoms with van der Waals surface area (Å²) in [6.45, 7) is 4.48. The van der Waals surface area contributed by atoms with Crippen molar-refractivity contribution in [3.05, 3.63) is 23.8 Å². The normalized spacial score (nSPS) is 16.1. The zero-order chi connectivity index (χ0) is 13.0. The van der Waals surface area contributed by atoms with E-state index in [-0.39, 0.29) is 6.04 Å². The highest BCUT2D eigenvalue weighted by molar-refractivity contribution is 5.44. The summed E-state index contributed by atoms with van der Waals surface area (Å²) in [5, 5.41) is 3.36. The minimum absolute atomic E-state index is 0.122. The maximum atomic E-state index is 5.36. The number of rotatable bonds is 5. The summed E-state index contributed by atoms with van der Waals surface area (Å²) in [6.07, 6.45) is 7.40. The van der Waals surface area contributed by atoms with Gasteiger partial charge in [-0.1, -0.05) is 12.0 Å². The van der Waals surface area contributed by atoms with E-state index in [9.17, 15) is 0 Å². The average molecular weight is 245 g/mol. The molecule has 18 heavy (non-hydrogen) atoms. The third kappa shape index (κ3) is 3.18. The van der Waals surface area contributed by atoms with E-state index in [1.54, 1.807) is 0 Å². The van der Waals surface area contributed by atoms with Gasteiger partial charge in [-0.15, -0.1) is 6.42 Å². The van der Waals surface area contributed by atoms with Crippen LogP contribution in [-0.4, -0.2) is 18.9 Å². The highest BCUT2D eigenvalue weighted by Crippen LogP contribution is 2.32. The van der Waals surface area contributed by atoms with Crippen LogP contribution in [0, 0.1) is 12.3 Å². The van der Waals surface area contributed by atoms with Gasteiger partial charge in [-0.2, -0.15) is 0 Å². The van der Waals surface area contributed by atoms with Crippen molar-refractivity contribution in [2.45, 2.75) is 38.8 Å². The number of terminal acetylenes is 1. The molecule has 96 valence electrons. The molecule has 1 aliphatic heterocycles. The Bertz CT molecular complexity index is 450. The van der Waals surface area contributed by atoms with E-state index >= 15 is 0 Å². The first kappa shape index (κ1) is 12.8. The molecule has 1 aromatic carbocycles. The molecule has 0 aromatic heterocycles. The Kier molecular flexibility index (Phi) is 4.11. The van der Waals surface area contributed by atoms with Gasteiger partial charge >= 0.3 is 0 Å². The standard InChI is InChI=1S/C15H19NO2/c1-4-11(2)16-12(3)5-6-13-7-8-14-15(9-13)18-10-17-14/h1,7-9,11-12,16H,5-6,10H2,2-3H3. The van der Waals surface area contributed by atoms with E-state index in [0.717, 1.165) is 24.3 Å². The molecule has 0 amide bonds. The maximum Gasteiger partial charge on any atom is 0.231 e. The van der Waals surface area contributed by atoms with Crippen LogP contribution in [0.25, 0.3) is 0 Å². The average Bonchev–Trinajstić information content (AvgIpc) is 2.83. The molecular formula is C15H19NO2. The first-order valence-corrected chi connectivity index (χ1v) is 6.29. The van der Waals surface area contributed by atoms with Gasteiger partial charge in [0.1, 0.15) is 0 Å². The molecule has 0 aliphatic carbocycles. The van der Waals surface area contributed by atoms with Gasteiger partial charge in [0.2, 0.25) is 6.79 Å². The first-order valence-electron chi connectivity index (χ1n) is 6.29.